The highest BCUT2D eigenvalue weighted by molar-refractivity contribution is 4.88. The van der Waals surface area contributed by atoms with Crippen LogP contribution in [0.1, 0.15) is 6.23 Å². The first-order chi connectivity index (χ1) is 8.04. The van der Waals surface area contributed by atoms with Gasteiger partial charge in [-0.05, 0) is 0 Å². The van der Waals surface area contributed by atoms with Gasteiger partial charge in [0.15, 0.2) is 6.23 Å². The maximum atomic E-state index is 11.4. The van der Waals surface area contributed by atoms with E-state index in [2.05, 4.69) is 5.10 Å². The fourth-order valence-corrected chi connectivity index (χ4v) is 1.63. The lowest BCUT2D eigenvalue weighted by atomic mass is 10.1. The third-order valence-corrected chi connectivity index (χ3v) is 2.50. The van der Waals surface area contributed by atoms with Crippen LogP contribution in [0.2, 0.25) is 0 Å². The van der Waals surface area contributed by atoms with Crippen molar-refractivity contribution >= 4 is 0 Å². The first kappa shape index (κ1) is 11.9. The van der Waals surface area contributed by atoms with Crippen LogP contribution in [0.4, 0.5) is 0 Å². The molecule has 9 nitrogen and oxygen atoms in total. The number of aliphatic hydroxyl groups excluding tert-OH is 3. The molecule has 1 aromatic rings. The predicted molar refractivity (Wildman–Crippen MR) is 52.1 cm³/mol. The van der Waals surface area contributed by atoms with Crippen LogP contribution in [0, 0.1) is 0 Å². The second-order valence-electron chi connectivity index (χ2n) is 3.61. The number of hydrogen-bond acceptors (Lipinski definition) is 7. The minimum atomic E-state index is -1.41. The second kappa shape index (κ2) is 4.37. The van der Waals surface area contributed by atoms with Crippen LogP contribution in [0.15, 0.2) is 15.8 Å². The Kier molecular flexibility index (Phi) is 3.07. The van der Waals surface area contributed by atoms with Gasteiger partial charge >= 0.3 is 5.69 Å². The smallest absolute Gasteiger partial charge is 0.347 e. The molecule has 2 heterocycles. The molecule has 0 spiro atoms. The van der Waals surface area contributed by atoms with Gasteiger partial charge in [0.2, 0.25) is 0 Å². The molecular formula is C8H11N3O6. The zero-order valence-electron chi connectivity index (χ0n) is 8.55. The summed E-state index contributed by atoms with van der Waals surface area (Å²) in [5.74, 6) is 0. The monoisotopic (exact) mass is 245 g/mol. The number of aliphatic hydroxyl groups is 3. The zero-order chi connectivity index (χ0) is 12.6. The fourth-order valence-electron chi connectivity index (χ4n) is 1.63. The molecule has 4 atom stereocenters. The molecule has 94 valence electrons. The van der Waals surface area contributed by atoms with E-state index in [-0.39, 0.29) is 0 Å². The van der Waals surface area contributed by atoms with Crippen molar-refractivity contribution in [2.45, 2.75) is 24.5 Å². The second-order valence-corrected chi connectivity index (χ2v) is 3.61. The summed E-state index contributed by atoms with van der Waals surface area (Å²) in [5, 5.41) is 31.5. The average Bonchev–Trinajstić information content (AvgIpc) is 2.57. The van der Waals surface area contributed by atoms with Gasteiger partial charge < -0.3 is 20.1 Å². The SMILES string of the molecule is O=c1cnn([C@@H]2O[C@H](CO)[C@H](O)[C@H]2O)c(=O)[nH]1. The van der Waals surface area contributed by atoms with Crippen molar-refractivity contribution in [2.24, 2.45) is 0 Å². The number of hydrogen-bond donors (Lipinski definition) is 4. The maximum Gasteiger partial charge on any atom is 0.347 e. The molecule has 1 aromatic heterocycles. The van der Waals surface area contributed by atoms with Crippen LogP contribution in [-0.2, 0) is 4.74 Å². The van der Waals surface area contributed by atoms with Gasteiger partial charge in [0.25, 0.3) is 5.56 Å². The van der Waals surface area contributed by atoms with Gasteiger partial charge in [0.1, 0.15) is 24.5 Å². The molecule has 1 fully saturated rings. The van der Waals surface area contributed by atoms with Gasteiger partial charge in [-0.25, -0.2) is 4.79 Å². The summed E-state index contributed by atoms with van der Waals surface area (Å²) in [7, 11) is 0. The quantitative estimate of drug-likeness (QED) is 0.425. The van der Waals surface area contributed by atoms with Crippen LogP contribution >= 0.6 is 0 Å². The molecule has 0 aliphatic carbocycles. The summed E-state index contributed by atoms with van der Waals surface area (Å²) in [6, 6.07) is 0. The van der Waals surface area contributed by atoms with E-state index in [1.165, 1.54) is 0 Å². The van der Waals surface area contributed by atoms with E-state index >= 15 is 0 Å². The molecule has 17 heavy (non-hydrogen) atoms. The van der Waals surface area contributed by atoms with Crippen molar-refractivity contribution in [3.8, 4) is 0 Å². The number of H-pyrrole nitrogens is 1. The molecular weight excluding hydrogens is 234 g/mol. The number of aromatic amines is 1. The Labute approximate surface area is 93.9 Å². The topological polar surface area (TPSA) is 138 Å². The van der Waals surface area contributed by atoms with Gasteiger partial charge in [0, 0.05) is 0 Å². The molecule has 0 amide bonds. The van der Waals surface area contributed by atoms with Crippen LogP contribution in [0.5, 0.6) is 0 Å². The highest BCUT2D eigenvalue weighted by atomic mass is 16.6. The van der Waals surface area contributed by atoms with Crippen molar-refractivity contribution in [1.82, 2.24) is 14.8 Å². The summed E-state index contributed by atoms with van der Waals surface area (Å²) >= 11 is 0. The minimum absolute atomic E-state index is 0.507. The van der Waals surface area contributed by atoms with Crippen molar-refractivity contribution < 1.29 is 20.1 Å². The average molecular weight is 245 g/mol. The molecule has 0 bridgehead atoms. The summed E-state index contributed by atoms with van der Waals surface area (Å²) < 4.78 is 5.77. The van der Waals surface area contributed by atoms with Gasteiger partial charge in [-0.2, -0.15) is 9.78 Å². The highest BCUT2D eigenvalue weighted by Crippen LogP contribution is 2.27. The fraction of sp³-hybridized carbons (Fsp3) is 0.625. The Hall–Kier alpha value is -1.55. The Morgan fingerprint density at radius 2 is 2.12 bits per heavy atom. The number of nitrogens with one attached hydrogen (secondary N) is 1. The Balaban J connectivity index is 2.35. The zero-order valence-corrected chi connectivity index (χ0v) is 8.55. The summed E-state index contributed by atoms with van der Waals surface area (Å²) in [6.45, 7) is -0.507. The molecule has 0 saturated carbocycles. The maximum absolute atomic E-state index is 11.4. The molecule has 0 radical (unpaired) electrons. The number of aromatic nitrogens is 3. The first-order valence-corrected chi connectivity index (χ1v) is 4.85. The predicted octanol–water partition coefficient (Wildman–Crippen LogP) is -3.46. The van der Waals surface area contributed by atoms with E-state index in [1.54, 1.807) is 0 Å². The number of rotatable bonds is 2. The third kappa shape index (κ3) is 2.00. The molecule has 4 N–H and O–H groups in total. The van der Waals surface area contributed by atoms with E-state index in [0.717, 1.165) is 6.20 Å². The largest absolute Gasteiger partial charge is 0.394 e. The van der Waals surface area contributed by atoms with E-state index in [9.17, 15) is 19.8 Å². The van der Waals surface area contributed by atoms with Gasteiger partial charge in [-0.15, -0.1) is 0 Å². The molecule has 1 aliphatic rings. The van der Waals surface area contributed by atoms with Crippen LogP contribution < -0.4 is 11.2 Å². The van der Waals surface area contributed by atoms with Crippen LogP contribution in [0.25, 0.3) is 0 Å². The summed E-state index contributed by atoms with van der Waals surface area (Å²) in [4.78, 5) is 24.1. The van der Waals surface area contributed by atoms with Crippen molar-refractivity contribution in [2.75, 3.05) is 6.61 Å². The van der Waals surface area contributed by atoms with Gasteiger partial charge in [-0.1, -0.05) is 0 Å². The van der Waals surface area contributed by atoms with Gasteiger partial charge in [0.05, 0.1) is 6.61 Å². The molecule has 1 saturated heterocycles. The van der Waals surface area contributed by atoms with E-state index < -0.39 is 42.4 Å². The van der Waals surface area contributed by atoms with Crippen molar-refractivity contribution in [1.29, 1.82) is 0 Å². The lowest BCUT2D eigenvalue weighted by Crippen LogP contribution is -2.39. The van der Waals surface area contributed by atoms with E-state index in [0.29, 0.717) is 4.68 Å². The summed E-state index contributed by atoms with van der Waals surface area (Å²) in [5.41, 5.74) is -1.55. The third-order valence-electron chi connectivity index (χ3n) is 2.50. The van der Waals surface area contributed by atoms with Crippen LogP contribution in [0.3, 0.4) is 0 Å². The normalized spacial score (nSPS) is 32.9. The molecule has 0 aromatic carbocycles. The van der Waals surface area contributed by atoms with E-state index in [1.807, 2.05) is 4.98 Å². The number of nitrogens with zero attached hydrogens (tertiary/aromatic N) is 2. The Bertz CT molecular complexity index is 510. The molecule has 0 unspecified atom stereocenters. The molecule has 1 aliphatic heterocycles. The lowest BCUT2D eigenvalue weighted by molar-refractivity contribution is -0.0618. The Morgan fingerprint density at radius 1 is 1.41 bits per heavy atom. The first-order valence-electron chi connectivity index (χ1n) is 4.85. The highest BCUT2D eigenvalue weighted by Gasteiger charge is 2.44. The summed E-state index contributed by atoms with van der Waals surface area (Å²) in [6.07, 6.45) is -4.15. The molecule has 9 heteroatoms. The Morgan fingerprint density at radius 3 is 2.65 bits per heavy atom. The van der Waals surface area contributed by atoms with Crippen molar-refractivity contribution in [3.63, 3.8) is 0 Å². The van der Waals surface area contributed by atoms with Crippen LogP contribution in [-0.4, -0.2) is 55.0 Å². The lowest BCUT2D eigenvalue weighted by Gasteiger charge is -2.14. The number of ether oxygens (including phenoxy) is 1. The minimum Gasteiger partial charge on any atom is -0.394 e. The van der Waals surface area contributed by atoms with E-state index in [4.69, 9.17) is 9.84 Å². The standard InChI is InChI=1S/C8H11N3O6/c12-2-3-5(14)6(15)7(17-3)11-8(16)10-4(13)1-9-11/h1,3,5-7,12,14-15H,2H2,(H,10,13,16)/t3-,5+,6-,7-/m1/s1. The van der Waals surface area contributed by atoms with Crippen molar-refractivity contribution in [3.05, 3.63) is 27.0 Å². The molecule has 2 rings (SSSR count). The van der Waals surface area contributed by atoms with Gasteiger partial charge in [-0.3, -0.25) is 9.78 Å².